The first-order valence-corrected chi connectivity index (χ1v) is 6.70. The van der Waals surface area contributed by atoms with Crippen molar-refractivity contribution >= 4 is 0 Å². The molecule has 0 aliphatic carbocycles. The van der Waals surface area contributed by atoms with Gasteiger partial charge in [0.25, 0.3) is 0 Å². The lowest BCUT2D eigenvalue weighted by molar-refractivity contribution is 0.200. The minimum atomic E-state index is -0.300. The monoisotopic (exact) mass is 280 g/mol. The van der Waals surface area contributed by atoms with Gasteiger partial charge in [-0.05, 0) is 6.07 Å². The number of halogens is 1. The van der Waals surface area contributed by atoms with E-state index in [1.165, 1.54) is 13.2 Å². The third-order valence-electron chi connectivity index (χ3n) is 3.59. The van der Waals surface area contributed by atoms with Gasteiger partial charge in [0.15, 0.2) is 11.5 Å². The van der Waals surface area contributed by atoms with Crippen molar-refractivity contribution in [2.75, 3.05) is 40.4 Å². The summed E-state index contributed by atoms with van der Waals surface area (Å²) in [7, 11) is 3.05. The lowest BCUT2D eigenvalue weighted by atomic mass is 10.0. The summed E-state index contributed by atoms with van der Waals surface area (Å²) in [6.45, 7) is 7.39. The molecular formula is C15H21FN2O2. The maximum atomic E-state index is 14.3. The van der Waals surface area contributed by atoms with Gasteiger partial charge < -0.3 is 14.8 Å². The molecule has 1 aliphatic rings. The number of nitrogens with zero attached hydrogens (tertiary/aromatic N) is 1. The Balaban J connectivity index is 2.35. The highest BCUT2D eigenvalue weighted by atomic mass is 19.1. The number of nitrogens with one attached hydrogen (secondary N) is 1. The fraction of sp³-hybridized carbons (Fsp3) is 0.467. The second-order valence-electron chi connectivity index (χ2n) is 4.70. The molecule has 1 aliphatic heterocycles. The van der Waals surface area contributed by atoms with Gasteiger partial charge in [0.2, 0.25) is 0 Å². The van der Waals surface area contributed by atoms with Crippen LogP contribution in [0.5, 0.6) is 11.5 Å². The lowest BCUT2D eigenvalue weighted by Crippen LogP contribution is -2.44. The van der Waals surface area contributed by atoms with Gasteiger partial charge in [-0.3, -0.25) is 4.90 Å². The highest BCUT2D eigenvalue weighted by molar-refractivity contribution is 5.45. The van der Waals surface area contributed by atoms with Gasteiger partial charge in [-0.15, -0.1) is 6.58 Å². The van der Waals surface area contributed by atoms with Crippen LogP contribution in [0.1, 0.15) is 11.6 Å². The summed E-state index contributed by atoms with van der Waals surface area (Å²) in [5.41, 5.74) is 0.569. The molecule has 1 fully saturated rings. The molecule has 0 saturated carbocycles. The molecular weight excluding hydrogens is 259 g/mol. The second kappa shape index (κ2) is 6.72. The average molecular weight is 280 g/mol. The Labute approximate surface area is 119 Å². The zero-order valence-corrected chi connectivity index (χ0v) is 12.0. The van der Waals surface area contributed by atoms with E-state index in [1.807, 2.05) is 0 Å². The molecule has 1 atom stereocenters. The van der Waals surface area contributed by atoms with E-state index in [4.69, 9.17) is 9.47 Å². The van der Waals surface area contributed by atoms with Crippen LogP contribution in [0.3, 0.4) is 0 Å². The van der Waals surface area contributed by atoms with Crippen molar-refractivity contribution < 1.29 is 13.9 Å². The van der Waals surface area contributed by atoms with E-state index in [0.29, 0.717) is 17.1 Å². The van der Waals surface area contributed by atoms with Crippen LogP contribution in [0, 0.1) is 5.82 Å². The number of ether oxygens (including phenoxy) is 2. The number of hydrogen-bond acceptors (Lipinski definition) is 4. The van der Waals surface area contributed by atoms with Gasteiger partial charge in [0, 0.05) is 37.8 Å². The highest BCUT2D eigenvalue weighted by Gasteiger charge is 2.24. The molecule has 5 heteroatoms. The largest absolute Gasteiger partial charge is 0.493 e. The fourth-order valence-corrected chi connectivity index (χ4v) is 2.53. The van der Waals surface area contributed by atoms with Crippen LogP contribution in [0.2, 0.25) is 0 Å². The number of hydrogen-bond donors (Lipinski definition) is 1. The summed E-state index contributed by atoms with van der Waals surface area (Å²) in [5.74, 6) is 0.633. The normalized spacial score (nSPS) is 17.6. The quantitative estimate of drug-likeness (QED) is 0.836. The van der Waals surface area contributed by atoms with Gasteiger partial charge in [-0.2, -0.15) is 0 Å². The van der Waals surface area contributed by atoms with Crippen LogP contribution >= 0.6 is 0 Å². The van der Waals surface area contributed by atoms with Crippen molar-refractivity contribution in [1.82, 2.24) is 10.2 Å². The van der Waals surface area contributed by atoms with E-state index >= 15 is 0 Å². The lowest BCUT2D eigenvalue weighted by Gasteiger charge is -2.33. The van der Waals surface area contributed by atoms with E-state index in [0.717, 1.165) is 26.2 Å². The first-order chi connectivity index (χ1) is 9.71. The van der Waals surface area contributed by atoms with Gasteiger partial charge in [0.1, 0.15) is 5.82 Å². The Hall–Kier alpha value is -1.59. The zero-order chi connectivity index (χ0) is 14.5. The van der Waals surface area contributed by atoms with E-state index in [1.54, 1.807) is 19.3 Å². The minimum absolute atomic E-state index is 0.156. The van der Waals surface area contributed by atoms with Crippen molar-refractivity contribution in [3.63, 3.8) is 0 Å². The molecule has 0 spiro atoms. The zero-order valence-electron chi connectivity index (χ0n) is 12.0. The second-order valence-corrected chi connectivity index (χ2v) is 4.70. The maximum Gasteiger partial charge on any atom is 0.163 e. The van der Waals surface area contributed by atoms with Crippen molar-refractivity contribution in [2.24, 2.45) is 0 Å². The number of methoxy groups -OCH3 is 2. The molecule has 0 unspecified atom stereocenters. The van der Waals surface area contributed by atoms with E-state index in [9.17, 15) is 4.39 Å². The Morgan fingerprint density at radius 3 is 2.40 bits per heavy atom. The van der Waals surface area contributed by atoms with Gasteiger partial charge >= 0.3 is 0 Å². The van der Waals surface area contributed by atoms with Crippen molar-refractivity contribution in [3.05, 3.63) is 36.2 Å². The molecule has 20 heavy (non-hydrogen) atoms. The smallest absolute Gasteiger partial charge is 0.163 e. The molecule has 2 rings (SSSR count). The summed E-state index contributed by atoms with van der Waals surface area (Å²) < 4.78 is 24.7. The Bertz CT molecular complexity index is 473. The predicted molar refractivity (Wildman–Crippen MR) is 76.9 cm³/mol. The van der Waals surface area contributed by atoms with Crippen molar-refractivity contribution in [2.45, 2.75) is 6.04 Å². The summed E-state index contributed by atoms with van der Waals surface area (Å²) in [6.07, 6.45) is 1.77. The van der Waals surface area contributed by atoms with E-state index in [-0.39, 0.29) is 11.9 Å². The summed E-state index contributed by atoms with van der Waals surface area (Å²) in [4.78, 5) is 2.20. The van der Waals surface area contributed by atoms with Gasteiger partial charge in [0.05, 0.1) is 20.3 Å². The highest BCUT2D eigenvalue weighted by Crippen LogP contribution is 2.34. The van der Waals surface area contributed by atoms with Gasteiger partial charge in [-0.25, -0.2) is 4.39 Å². The Morgan fingerprint density at radius 1 is 1.25 bits per heavy atom. The SMILES string of the molecule is C=C[C@H](c1cc(OC)c(OC)cc1F)N1CCNCC1. The van der Waals surface area contributed by atoms with E-state index < -0.39 is 0 Å². The first kappa shape index (κ1) is 14.8. The van der Waals surface area contributed by atoms with Crippen LogP contribution in [0.15, 0.2) is 24.8 Å². The first-order valence-electron chi connectivity index (χ1n) is 6.70. The molecule has 1 aromatic carbocycles. The third kappa shape index (κ3) is 2.94. The molecule has 1 aromatic rings. The number of rotatable bonds is 5. The van der Waals surface area contributed by atoms with Crippen LogP contribution in [0.4, 0.5) is 4.39 Å². The maximum absolute atomic E-state index is 14.3. The Morgan fingerprint density at radius 2 is 1.85 bits per heavy atom. The van der Waals surface area contributed by atoms with Gasteiger partial charge in [-0.1, -0.05) is 6.08 Å². The minimum Gasteiger partial charge on any atom is -0.493 e. The number of benzene rings is 1. The molecule has 0 amide bonds. The topological polar surface area (TPSA) is 33.7 Å². The van der Waals surface area contributed by atoms with Crippen LogP contribution in [-0.2, 0) is 0 Å². The third-order valence-corrected chi connectivity index (χ3v) is 3.59. The Kier molecular flexibility index (Phi) is 4.98. The predicted octanol–water partition coefficient (Wildman–Crippen LogP) is 1.98. The summed E-state index contributed by atoms with van der Waals surface area (Å²) in [6, 6.07) is 2.91. The van der Waals surface area contributed by atoms with Crippen LogP contribution in [0.25, 0.3) is 0 Å². The summed E-state index contributed by atoms with van der Waals surface area (Å²) >= 11 is 0. The fourth-order valence-electron chi connectivity index (χ4n) is 2.53. The van der Waals surface area contributed by atoms with Crippen LogP contribution in [-0.4, -0.2) is 45.3 Å². The van der Waals surface area contributed by atoms with Crippen molar-refractivity contribution in [3.8, 4) is 11.5 Å². The average Bonchev–Trinajstić information content (AvgIpc) is 2.50. The summed E-state index contributed by atoms with van der Waals surface area (Å²) in [5, 5.41) is 3.29. The number of piperazine rings is 1. The molecule has 1 N–H and O–H groups in total. The van der Waals surface area contributed by atoms with Crippen LogP contribution < -0.4 is 14.8 Å². The molecule has 1 saturated heterocycles. The van der Waals surface area contributed by atoms with E-state index in [2.05, 4.69) is 16.8 Å². The molecule has 4 nitrogen and oxygen atoms in total. The molecule has 0 bridgehead atoms. The molecule has 0 radical (unpaired) electrons. The molecule has 1 heterocycles. The molecule has 0 aromatic heterocycles. The standard InChI is InChI=1S/C15H21FN2O2/c1-4-13(18-7-5-17-6-8-18)11-9-14(19-2)15(20-3)10-12(11)16/h4,9-10,13,17H,1,5-8H2,2-3H3/t13-/m1/s1. The molecule has 110 valence electrons. The van der Waals surface area contributed by atoms with Crippen molar-refractivity contribution in [1.29, 1.82) is 0 Å².